The van der Waals surface area contributed by atoms with E-state index >= 15 is 0 Å². The lowest BCUT2D eigenvalue weighted by Crippen LogP contribution is -2.47. The zero-order chi connectivity index (χ0) is 9.47. The predicted octanol–water partition coefficient (Wildman–Crippen LogP) is 0.313. The average molecular weight is 183 g/mol. The van der Waals surface area contributed by atoms with E-state index in [2.05, 4.69) is 0 Å². The fraction of sp³-hybridized carbons (Fsp3) is 0.778. The Balaban J connectivity index is 2.30. The molecule has 0 aromatic carbocycles. The summed E-state index contributed by atoms with van der Waals surface area (Å²) in [6.45, 7) is 0. The normalized spacial score (nSPS) is 36.4. The topological polar surface area (TPSA) is 46.6 Å². The highest BCUT2D eigenvalue weighted by molar-refractivity contribution is 5.84. The van der Waals surface area contributed by atoms with Crippen molar-refractivity contribution < 1.29 is 14.3 Å². The summed E-state index contributed by atoms with van der Waals surface area (Å²) in [5.74, 6) is -0.250. The Labute approximate surface area is 76.8 Å². The lowest BCUT2D eigenvalue weighted by Gasteiger charge is -2.28. The largest absolute Gasteiger partial charge is 0.467 e. The Bertz CT molecular complexity index is 243. The van der Waals surface area contributed by atoms with Crippen LogP contribution in [-0.2, 0) is 14.3 Å². The lowest BCUT2D eigenvalue weighted by molar-refractivity contribution is -0.155. The predicted molar refractivity (Wildman–Crippen MR) is 44.9 cm³/mol. The summed E-state index contributed by atoms with van der Waals surface area (Å²) >= 11 is 0. The first-order valence-corrected chi connectivity index (χ1v) is 4.57. The van der Waals surface area contributed by atoms with Gasteiger partial charge in [-0.25, -0.2) is 4.79 Å². The summed E-state index contributed by atoms with van der Waals surface area (Å²) in [7, 11) is 1.38. The van der Waals surface area contributed by atoms with Crippen molar-refractivity contribution in [3.8, 4) is 0 Å². The van der Waals surface area contributed by atoms with Gasteiger partial charge in [0.1, 0.15) is 5.54 Å². The van der Waals surface area contributed by atoms with Gasteiger partial charge in [-0.2, -0.15) is 0 Å². The number of hydrogen-bond acceptors (Lipinski definition) is 3. The summed E-state index contributed by atoms with van der Waals surface area (Å²) in [6, 6.07) is 0.275. The number of carbonyl (C=O) groups excluding carboxylic acids is 2. The van der Waals surface area contributed by atoms with Crippen LogP contribution >= 0.6 is 0 Å². The molecule has 0 spiro atoms. The maximum absolute atomic E-state index is 11.5. The van der Waals surface area contributed by atoms with Crippen LogP contribution < -0.4 is 0 Å². The second-order valence-corrected chi connectivity index (χ2v) is 3.77. The van der Waals surface area contributed by atoms with Gasteiger partial charge >= 0.3 is 5.97 Å². The van der Waals surface area contributed by atoms with Gasteiger partial charge in [0, 0.05) is 6.04 Å². The van der Waals surface area contributed by atoms with Crippen LogP contribution in [0, 0.1) is 0 Å². The molecule has 0 aliphatic carbocycles. The van der Waals surface area contributed by atoms with E-state index in [1.807, 2.05) is 0 Å². The molecule has 0 N–H and O–H groups in total. The van der Waals surface area contributed by atoms with Gasteiger partial charge in [-0.15, -0.1) is 0 Å². The second-order valence-electron chi connectivity index (χ2n) is 3.77. The summed E-state index contributed by atoms with van der Waals surface area (Å²) < 4.78 is 4.75. The molecule has 72 valence electrons. The molecule has 2 aliphatic heterocycles. The Kier molecular flexibility index (Phi) is 1.78. The minimum Gasteiger partial charge on any atom is -0.467 e. The van der Waals surface area contributed by atoms with Crippen molar-refractivity contribution in [2.24, 2.45) is 0 Å². The molecule has 4 nitrogen and oxygen atoms in total. The second kappa shape index (κ2) is 2.72. The number of methoxy groups -OCH3 is 1. The Morgan fingerprint density at radius 3 is 2.62 bits per heavy atom. The van der Waals surface area contributed by atoms with Crippen molar-refractivity contribution in [3.63, 3.8) is 0 Å². The molecule has 0 atom stereocenters. The molecular formula is C9H13NO3. The number of hydrogen-bond donors (Lipinski definition) is 0. The van der Waals surface area contributed by atoms with E-state index in [9.17, 15) is 9.59 Å². The fourth-order valence-electron chi connectivity index (χ4n) is 2.65. The van der Waals surface area contributed by atoms with Gasteiger partial charge in [0.2, 0.25) is 6.41 Å². The molecule has 2 fully saturated rings. The Morgan fingerprint density at radius 1 is 1.54 bits per heavy atom. The first-order chi connectivity index (χ1) is 6.24. The molecule has 0 saturated carbocycles. The highest BCUT2D eigenvalue weighted by Crippen LogP contribution is 2.45. The standard InChI is InChI=1S/C9H13NO3/c1-13-8(12)9-4-2-7(3-5-9)10(9)6-11/h6-7H,2-5H2,1H3/t7-,9-. The lowest BCUT2D eigenvalue weighted by atomic mass is 9.88. The summed E-state index contributed by atoms with van der Waals surface area (Å²) in [4.78, 5) is 24.0. The molecular weight excluding hydrogens is 170 g/mol. The van der Waals surface area contributed by atoms with Crippen LogP contribution in [0.5, 0.6) is 0 Å². The van der Waals surface area contributed by atoms with Crippen LogP contribution in [0.1, 0.15) is 25.7 Å². The summed E-state index contributed by atoms with van der Waals surface area (Å²) in [5.41, 5.74) is -0.610. The Hall–Kier alpha value is -1.06. The first kappa shape index (κ1) is 8.53. The van der Waals surface area contributed by atoms with E-state index in [4.69, 9.17) is 4.74 Å². The highest BCUT2D eigenvalue weighted by Gasteiger charge is 2.56. The molecule has 0 radical (unpaired) electrons. The Morgan fingerprint density at radius 2 is 2.15 bits per heavy atom. The molecule has 0 unspecified atom stereocenters. The van der Waals surface area contributed by atoms with Crippen LogP contribution in [0.15, 0.2) is 0 Å². The monoisotopic (exact) mass is 183 g/mol. The van der Waals surface area contributed by atoms with Crippen LogP contribution in [0.3, 0.4) is 0 Å². The molecule has 0 aromatic rings. The molecule has 2 rings (SSSR count). The van der Waals surface area contributed by atoms with E-state index in [0.29, 0.717) is 0 Å². The first-order valence-electron chi connectivity index (χ1n) is 4.57. The molecule has 0 aromatic heterocycles. The number of esters is 1. The number of fused-ring (bicyclic) bond motifs is 2. The highest BCUT2D eigenvalue weighted by atomic mass is 16.5. The molecule has 2 aliphatic rings. The summed E-state index contributed by atoms with van der Waals surface area (Å²) in [6.07, 6.45) is 4.20. The zero-order valence-electron chi connectivity index (χ0n) is 7.66. The SMILES string of the molecule is COC(=O)[C@]12CC[C@@H](CC1)N2C=O. The van der Waals surface area contributed by atoms with E-state index in [-0.39, 0.29) is 12.0 Å². The van der Waals surface area contributed by atoms with E-state index < -0.39 is 5.54 Å². The van der Waals surface area contributed by atoms with Crippen LogP contribution in [0.4, 0.5) is 0 Å². The van der Waals surface area contributed by atoms with Gasteiger partial charge < -0.3 is 9.64 Å². The van der Waals surface area contributed by atoms with Gasteiger partial charge in [-0.3, -0.25) is 4.79 Å². The van der Waals surface area contributed by atoms with E-state index in [1.165, 1.54) is 7.11 Å². The molecule has 2 saturated heterocycles. The van der Waals surface area contributed by atoms with Crippen LogP contribution in [-0.4, -0.2) is 36.0 Å². The van der Waals surface area contributed by atoms with Crippen molar-refractivity contribution in [2.45, 2.75) is 37.3 Å². The number of ether oxygens (including phenoxy) is 1. The maximum Gasteiger partial charge on any atom is 0.331 e. The van der Waals surface area contributed by atoms with E-state index in [1.54, 1.807) is 4.90 Å². The maximum atomic E-state index is 11.5. The van der Waals surface area contributed by atoms with Crippen molar-refractivity contribution in [3.05, 3.63) is 0 Å². The number of carbonyl (C=O) groups is 2. The minimum absolute atomic E-state index is 0.250. The third-order valence-electron chi connectivity index (χ3n) is 3.35. The average Bonchev–Trinajstić information content (AvgIpc) is 2.71. The van der Waals surface area contributed by atoms with Gasteiger partial charge in [0.05, 0.1) is 7.11 Å². The van der Waals surface area contributed by atoms with Crippen LogP contribution in [0.2, 0.25) is 0 Å². The van der Waals surface area contributed by atoms with Crippen LogP contribution in [0.25, 0.3) is 0 Å². The van der Waals surface area contributed by atoms with Crippen molar-refractivity contribution in [1.82, 2.24) is 4.90 Å². The molecule has 2 bridgehead atoms. The minimum atomic E-state index is -0.610. The fourth-order valence-corrected chi connectivity index (χ4v) is 2.65. The number of amides is 1. The van der Waals surface area contributed by atoms with Crippen molar-refractivity contribution >= 4 is 12.4 Å². The molecule has 13 heavy (non-hydrogen) atoms. The zero-order valence-corrected chi connectivity index (χ0v) is 7.66. The van der Waals surface area contributed by atoms with Crippen molar-refractivity contribution in [1.29, 1.82) is 0 Å². The number of rotatable bonds is 2. The molecule has 4 heteroatoms. The molecule has 1 amide bonds. The van der Waals surface area contributed by atoms with Crippen molar-refractivity contribution in [2.75, 3.05) is 7.11 Å². The number of nitrogens with zero attached hydrogens (tertiary/aromatic N) is 1. The van der Waals surface area contributed by atoms with Gasteiger partial charge in [0.25, 0.3) is 0 Å². The van der Waals surface area contributed by atoms with Gasteiger partial charge in [-0.05, 0) is 25.7 Å². The molecule has 2 heterocycles. The van der Waals surface area contributed by atoms with Gasteiger partial charge in [-0.1, -0.05) is 0 Å². The third-order valence-corrected chi connectivity index (χ3v) is 3.35. The quantitative estimate of drug-likeness (QED) is 0.457. The third kappa shape index (κ3) is 0.913. The smallest absolute Gasteiger partial charge is 0.331 e. The van der Waals surface area contributed by atoms with E-state index in [0.717, 1.165) is 32.1 Å². The summed E-state index contributed by atoms with van der Waals surface area (Å²) in [5, 5.41) is 0. The van der Waals surface area contributed by atoms with Gasteiger partial charge in [0.15, 0.2) is 0 Å².